The van der Waals surface area contributed by atoms with Gasteiger partial charge in [0.15, 0.2) is 0 Å². The molecular weight excluding hydrogens is 274 g/mol. The first-order chi connectivity index (χ1) is 9.51. The number of rotatable bonds is 3. The monoisotopic (exact) mass is 289 g/mol. The van der Waals surface area contributed by atoms with Gasteiger partial charge in [0.2, 0.25) is 0 Å². The number of hydrogen-bond donors (Lipinski definition) is 3. The van der Waals surface area contributed by atoms with Crippen molar-refractivity contribution in [3.05, 3.63) is 58.1 Å². The summed E-state index contributed by atoms with van der Waals surface area (Å²) in [7, 11) is 0. The highest BCUT2D eigenvalue weighted by molar-refractivity contribution is 6.34. The van der Waals surface area contributed by atoms with Gasteiger partial charge in [-0.1, -0.05) is 17.7 Å². The number of halogens is 1. The Labute approximate surface area is 122 Å². The average Bonchev–Trinajstić information content (AvgIpc) is 2.42. The van der Waals surface area contributed by atoms with Gasteiger partial charge in [-0.2, -0.15) is 0 Å². The van der Waals surface area contributed by atoms with Crippen molar-refractivity contribution in [2.24, 2.45) is 5.84 Å². The fourth-order valence-corrected chi connectivity index (χ4v) is 2.06. The molecule has 0 bridgehead atoms. The molecule has 0 unspecified atom stereocenters. The molecule has 0 aliphatic rings. The summed E-state index contributed by atoms with van der Waals surface area (Å²) >= 11 is 6.07. The highest BCUT2D eigenvalue weighted by Gasteiger charge is 2.10. The van der Waals surface area contributed by atoms with E-state index in [4.69, 9.17) is 17.4 Å². The second kappa shape index (κ2) is 5.94. The molecule has 104 valence electrons. The van der Waals surface area contributed by atoms with Crippen molar-refractivity contribution in [3.63, 3.8) is 0 Å². The Hall–Kier alpha value is -2.04. The lowest BCUT2D eigenvalue weighted by Gasteiger charge is -2.10. The first-order valence-electron chi connectivity index (χ1n) is 6.16. The molecule has 0 fully saturated rings. The lowest BCUT2D eigenvalue weighted by molar-refractivity contribution is 0.102. The minimum absolute atomic E-state index is 0.204. The average molecular weight is 290 g/mol. The molecule has 5 heteroatoms. The van der Waals surface area contributed by atoms with E-state index in [2.05, 4.69) is 10.7 Å². The predicted molar refractivity (Wildman–Crippen MR) is 83.1 cm³/mol. The van der Waals surface area contributed by atoms with Crippen molar-refractivity contribution in [2.75, 3.05) is 10.7 Å². The molecular formula is C15H16ClN3O. The van der Waals surface area contributed by atoms with Crippen LogP contribution in [0.1, 0.15) is 21.5 Å². The molecule has 0 radical (unpaired) electrons. The molecule has 0 aliphatic heterocycles. The van der Waals surface area contributed by atoms with Gasteiger partial charge in [-0.15, -0.1) is 0 Å². The van der Waals surface area contributed by atoms with Crippen molar-refractivity contribution in [2.45, 2.75) is 13.8 Å². The molecule has 1 amide bonds. The van der Waals surface area contributed by atoms with E-state index in [1.54, 1.807) is 24.3 Å². The normalized spacial score (nSPS) is 10.2. The maximum absolute atomic E-state index is 12.2. The van der Waals surface area contributed by atoms with E-state index in [1.165, 1.54) is 0 Å². The minimum atomic E-state index is -0.204. The topological polar surface area (TPSA) is 67.2 Å². The van der Waals surface area contributed by atoms with Crippen LogP contribution in [-0.4, -0.2) is 5.91 Å². The van der Waals surface area contributed by atoms with Crippen LogP contribution in [0.25, 0.3) is 0 Å². The third kappa shape index (κ3) is 3.10. The van der Waals surface area contributed by atoms with E-state index >= 15 is 0 Å². The summed E-state index contributed by atoms with van der Waals surface area (Å²) in [6, 6.07) is 10.7. The summed E-state index contributed by atoms with van der Waals surface area (Å²) in [6.07, 6.45) is 0. The Morgan fingerprint density at radius 3 is 2.50 bits per heavy atom. The van der Waals surface area contributed by atoms with Crippen LogP contribution in [0.2, 0.25) is 5.02 Å². The number of nitrogens with two attached hydrogens (primary N) is 1. The minimum Gasteiger partial charge on any atom is -0.324 e. The third-order valence-electron chi connectivity index (χ3n) is 3.01. The number of hydrogen-bond acceptors (Lipinski definition) is 3. The molecule has 2 aromatic rings. The van der Waals surface area contributed by atoms with Gasteiger partial charge in [-0.25, -0.2) is 0 Å². The van der Waals surface area contributed by atoms with Crippen LogP contribution in [-0.2, 0) is 0 Å². The number of carbonyl (C=O) groups excluding carboxylic acids is 1. The molecule has 4 N–H and O–H groups in total. The molecule has 0 saturated carbocycles. The number of amides is 1. The summed E-state index contributed by atoms with van der Waals surface area (Å²) in [4.78, 5) is 12.2. The Balaban J connectivity index is 2.24. The second-order valence-corrected chi connectivity index (χ2v) is 5.02. The molecule has 0 aromatic heterocycles. The Kier molecular flexibility index (Phi) is 4.27. The van der Waals surface area contributed by atoms with Crippen LogP contribution < -0.4 is 16.6 Å². The predicted octanol–water partition coefficient (Wildman–Crippen LogP) is 3.49. The summed E-state index contributed by atoms with van der Waals surface area (Å²) in [5.74, 6) is 5.16. The van der Waals surface area contributed by atoms with Gasteiger partial charge in [-0.3, -0.25) is 10.6 Å². The van der Waals surface area contributed by atoms with Crippen molar-refractivity contribution in [1.29, 1.82) is 0 Å². The first-order valence-corrected chi connectivity index (χ1v) is 6.54. The highest BCUT2D eigenvalue weighted by Crippen LogP contribution is 2.24. The maximum atomic E-state index is 12.2. The Morgan fingerprint density at radius 1 is 1.10 bits per heavy atom. The molecule has 0 atom stereocenters. The quantitative estimate of drug-likeness (QED) is 0.598. The van der Waals surface area contributed by atoms with Crippen LogP contribution >= 0.6 is 11.6 Å². The van der Waals surface area contributed by atoms with Gasteiger partial charge in [0.25, 0.3) is 5.91 Å². The zero-order valence-corrected chi connectivity index (χ0v) is 12.1. The lowest BCUT2D eigenvalue weighted by atomic mass is 10.1. The SMILES string of the molecule is Cc1ccc(Cl)c(NC(=O)c2ccc(NN)c(C)c2)c1. The van der Waals surface area contributed by atoms with Crippen molar-refractivity contribution < 1.29 is 4.79 Å². The second-order valence-electron chi connectivity index (χ2n) is 4.61. The molecule has 20 heavy (non-hydrogen) atoms. The fraction of sp³-hybridized carbons (Fsp3) is 0.133. The number of benzene rings is 2. The molecule has 0 saturated heterocycles. The molecule has 0 aliphatic carbocycles. The standard InChI is InChI=1S/C15H16ClN3O/c1-9-3-5-12(16)14(7-9)18-15(20)11-4-6-13(19-17)10(2)8-11/h3-8,19H,17H2,1-2H3,(H,18,20). The van der Waals surface area contributed by atoms with E-state index in [0.717, 1.165) is 16.8 Å². The number of aryl methyl sites for hydroxylation is 2. The Morgan fingerprint density at radius 2 is 1.85 bits per heavy atom. The number of hydrazine groups is 1. The largest absolute Gasteiger partial charge is 0.324 e. The Bertz CT molecular complexity index is 656. The first kappa shape index (κ1) is 14.4. The summed E-state index contributed by atoms with van der Waals surface area (Å²) < 4.78 is 0. The van der Waals surface area contributed by atoms with Crippen molar-refractivity contribution in [3.8, 4) is 0 Å². The van der Waals surface area contributed by atoms with Gasteiger partial charge in [-0.05, 0) is 55.3 Å². The van der Waals surface area contributed by atoms with Gasteiger partial charge in [0.05, 0.1) is 16.4 Å². The number of anilines is 2. The van der Waals surface area contributed by atoms with E-state index in [0.29, 0.717) is 16.3 Å². The van der Waals surface area contributed by atoms with Crippen LogP contribution in [0, 0.1) is 13.8 Å². The number of carbonyl (C=O) groups is 1. The molecule has 2 rings (SSSR count). The van der Waals surface area contributed by atoms with Gasteiger partial charge in [0, 0.05) is 5.56 Å². The van der Waals surface area contributed by atoms with Gasteiger partial charge >= 0.3 is 0 Å². The van der Waals surface area contributed by atoms with E-state index in [-0.39, 0.29) is 5.91 Å². The summed E-state index contributed by atoms with van der Waals surface area (Å²) in [5, 5.41) is 3.32. The third-order valence-corrected chi connectivity index (χ3v) is 3.34. The van der Waals surface area contributed by atoms with Crippen molar-refractivity contribution in [1.82, 2.24) is 0 Å². The van der Waals surface area contributed by atoms with Gasteiger partial charge < -0.3 is 10.7 Å². The summed E-state index contributed by atoms with van der Waals surface area (Å²) in [5.41, 5.74) is 6.45. The number of nitrogens with one attached hydrogen (secondary N) is 2. The van der Waals surface area contributed by atoms with Gasteiger partial charge in [0.1, 0.15) is 0 Å². The molecule has 0 heterocycles. The smallest absolute Gasteiger partial charge is 0.255 e. The van der Waals surface area contributed by atoms with E-state index in [9.17, 15) is 4.79 Å². The van der Waals surface area contributed by atoms with E-state index in [1.807, 2.05) is 26.0 Å². The zero-order chi connectivity index (χ0) is 14.7. The van der Waals surface area contributed by atoms with Crippen molar-refractivity contribution >= 4 is 28.9 Å². The zero-order valence-electron chi connectivity index (χ0n) is 11.3. The lowest BCUT2D eigenvalue weighted by Crippen LogP contribution is -2.14. The summed E-state index contributed by atoms with van der Waals surface area (Å²) in [6.45, 7) is 3.82. The van der Waals surface area contributed by atoms with E-state index < -0.39 is 0 Å². The van der Waals surface area contributed by atoms with Crippen LogP contribution in [0.5, 0.6) is 0 Å². The van der Waals surface area contributed by atoms with Crippen LogP contribution in [0.15, 0.2) is 36.4 Å². The highest BCUT2D eigenvalue weighted by atomic mass is 35.5. The molecule has 2 aromatic carbocycles. The maximum Gasteiger partial charge on any atom is 0.255 e. The number of nitrogen functional groups attached to an aromatic ring is 1. The molecule has 0 spiro atoms. The van der Waals surface area contributed by atoms with Crippen LogP contribution in [0.3, 0.4) is 0 Å². The van der Waals surface area contributed by atoms with Crippen LogP contribution in [0.4, 0.5) is 11.4 Å². The fourth-order valence-electron chi connectivity index (χ4n) is 1.90. The molecule has 4 nitrogen and oxygen atoms in total.